The van der Waals surface area contributed by atoms with Gasteiger partial charge in [0.2, 0.25) is 0 Å². The maximum Gasteiger partial charge on any atom is 0.123 e. The molecule has 0 aliphatic carbocycles. The number of anilines is 1. The van der Waals surface area contributed by atoms with Gasteiger partial charge in [0, 0.05) is 0 Å². The fraction of sp³-hybridized carbons (Fsp3) is 0.0769. The molecule has 0 unspecified atom stereocenters. The molecule has 3 heteroatoms. The molecule has 82 valence electrons. The fourth-order valence-electron chi connectivity index (χ4n) is 1.34. The van der Waals surface area contributed by atoms with Crippen molar-refractivity contribution in [3.63, 3.8) is 0 Å². The van der Waals surface area contributed by atoms with Crippen LogP contribution in [0.4, 0.5) is 10.1 Å². The van der Waals surface area contributed by atoms with E-state index in [2.05, 4.69) is 5.48 Å². The molecule has 0 aliphatic heterocycles. The molecule has 2 aromatic carbocycles. The number of hydrogen-bond acceptors (Lipinski definition) is 2. The molecule has 16 heavy (non-hydrogen) atoms. The minimum absolute atomic E-state index is 0.249. The summed E-state index contributed by atoms with van der Waals surface area (Å²) in [6.07, 6.45) is 0. The molecule has 0 bridgehead atoms. The molecule has 0 saturated carbocycles. The van der Waals surface area contributed by atoms with Crippen molar-refractivity contribution in [2.24, 2.45) is 0 Å². The Labute approximate surface area is 93.6 Å². The summed E-state index contributed by atoms with van der Waals surface area (Å²) in [6, 6.07) is 15.9. The van der Waals surface area contributed by atoms with E-state index in [0.29, 0.717) is 6.61 Å². The predicted molar refractivity (Wildman–Crippen MR) is 61.3 cm³/mol. The Hall–Kier alpha value is -1.87. The summed E-state index contributed by atoms with van der Waals surface area (Å²) >= 11 is 0. The second kappa shape index (κ2) is 5.28. The Bertz CT molecular complexity index is 445. The van der Waals surface area contributed by atoms with Gasteiger partial charge in [0.25, 0.3) is 0 Å². The number of hydrogen-bond donors (Lipinski definition) is 1. The van der Waals surface area contributed by atoms with Crippen LogP contribution in [0.1, 0.15) is 5.56 Å². The summed E-state index contributed by atoms with van der Waals surface area (Å²) in [7, 11) is 0. The predicted octanol–water partition coefficient (Wildman–Crippen LogP) is 3.37. The van der Waals surface area contributed by atoms with Crippen LogP contribution in [-0.4, -0.2) is 0 Å². The summed E-state index contributed by atoms with van der Waals surface area (Å²) in [6.45, 7) is 0.326. The standard InChI is InChI=1S/C13H12FNO/c14-12-6-4-5-11(9-12)10-16-15-13-7-2-1-3-8-13/h1-9,15H,10H2. The lowest BCUT2D eigenvalue weighted by atomic mass is 10.2. The van der Waals surface area contributed by atoms with Crippen LogP contribution in [0.25, 0.3) is 0 Å². The first-order chi connectivity index (χ1) is 7.84. The first-order valence-electron chi connectivity index (χ1n) is 5.02. The maximum absolute atomic E-state index is 12.8. The van der Waals surface area contributed by atoms with E-state index in [9.17, 15) is 4.39 Å². The van der Waals surface area contributed by atoms with Crippen molar-refractivity contribution in [1.29, 1.82) is 0 Å². The number of halogens is 1. The Morgan fingerprint density at radius 3 is 2.56 bits per heavy atom. The molecule has 0 saturated heterocycles. The maximum atomic E-state index is 12.8. The van der Waals surface area contributed by atoms with E-state index >= 15 is 0 Å². The minimum atomic E-state index is -0.249. The van der Waals surface area contributed by atoms with Gasteiger partial charge in [-0.25, -0.2) is 4.39 Å². The molecule has 0 heterocycles. The molecule has 2 nitrogen and oxygen atoms in total. The third kappa shape index (κ3) is 3.07. The van der Waals surface area contributed by atoms with E-state index in [1.807, 2.05) is 36.4 Å². The molecule has 0 aliphatic rings. The number of benzene rings is 2. The smallest absolute Gasteiger partial charge is 0.123 e. The van der Waals surface area contributed by atoms with Crippen molar-refractivity contribution in [2.75, 3.05) is 5.48 Å². The lowest BCUT2D eigenvalue weighted by molar-refractivity contribution is 0.180. The summed E-state index contributed by atoms with van der Waals surface area (Å²) in [5, 5.41) is 0. The van der Waals surface area contributed by atoms with Gasteiger partial charge in [-0.05, 0) is 29.8 Å². The van der Waals surface area contributed by atoms with E-state index in [1.165, 1.54) is 12.1 Å². The largest absolute Gasteiger partial charge is 0.271 e. The van der Waals surface area contributed by atoms with E-state index in [-0.39, 0.29) is 5.82 Å². The van der Waals surface area contributed by atoms with Crippen LogP contribution >= 0.6 is 0 Å². The Balaban J connectivity index is 1.85. The quantitative estimate of drug-likeness (QED) is 0.793. The van der Waals surface area contributed by atoms with Crippen LogP contribution in [0.2, 0.25) is 0 Å². The summed E-state index contributed by atoms with van der Waals surface area (Å²) in [4.78, 5) is 5.24. The highest BCUT2D eigenvalue weighted by Crippen LogP contribution is 2.08. The first-order valence-corrected chi connectivity index (χ1v) is 5.02. The Kier molecular flexibility index (Phi) is 3.51. The molecule has 0 spiro atoms. The highest BCUT2D eigenvalue weighted by atomic mass is 19.1. The summed E-state index contributed by atoms with van der Waals surface area (Å²) in [5.74, 6) is -0.249. The summed E-state index contributed by atoms with van der Waals surface area (Å²) < 4.78 is 12.8. The molecule has 0 aromatic heterocycles. The number of rotatable bonds is 4. The molecule has 2 aromatic rings. The van der Waals surface area contributed by atoms with Gasteiger partial charge in [0.05, 0.1) is 12.3 Å². The lowest BCUT2D eigenvalue weighted by Gasteiger charge is -2.06. The van der Waals surface area contributed by atoms with Gasteiger partial charge in [-0.3, -0.25) is 10.3 Å². The summed E-state index contributed by atoms with van der Waals surface area (Å²) in [5.41, 5.74) is 4.46. The SMILES string of the molecule is Fc1cccc(CONc2ccccc2)c1. The topological polar surface area (TPSA) is 21.3 Å². The fourth-order valence-corrected chi connectivity index (χ4v) is 1.34. The second-order valence-electron chi connectivity index (χ2n) is 3.39. The van der Waals surface area contributed by atoms with Crippen molar-refractivity contribution in [2.45, 2.75) is 6.61 Å². The van der Waals surface area contributed by atoms with E-state index in [1.54, 1.807) is 6.07 Å². The van der Waals surface area contributed by atoms with Crippen LogP contribution in [0.5, 0.6) is 0 Å². The van der Waals surface area contributed by atoms with Crippen molar-refractivity contribution >= 4 is 5.69 Å². The highest BCUT2D eigenvalue weighted by molar-refractivity contribution is 5.40. The van der Waals surface area contributed by atoms with Gasteiger partial charge < -0.3 is 0 Å². The van der Waals surface area contributed by atoms with E-state index in [4.69, 9.17) is 4.84 Å². The normalized spacial score (nSPS) is 10.1. The van der Waals surface area contributed by atoms with E-state index in [0.717, 1.165) is 11.3 Å². The van der Waals surface area contributed by atoms with Gasteiger partial charge in [0.15, 0.2) is 0 Å². The van der Waals surface area contributed by atoms with Crippen LogP contribution < -0.4 is 5.48 Å². The van der Waals surface area contributed by atoms with Gasteiger partial charge in [-0.2, -0.15) is 0 Å². The molecule has 0 radical (unpaired) electrons. The third-order valence-corrected chi connectivity index (χ3v) is 2.09. The zero-order valence-electron chi connectivity index (χ0n) is 8.69. The average molecular weight is 217 g/mol. The monoisotopic (exact) mass is 217 g/mol. The first kappa shape index (κ1) is 10.6. The van der Waals surface area contributed by atoms with Crippen molar-refractivity contribution < 1.29 is 9.23 Å². The molecule has 0 atom stereocenters. The van der Waals surface area contributed by atoms with Gasteiger partial charge >= 0.3 is 0 Å². The van der Waals surface area contributed by atoms with Crippen molar-refractivity contribution in [1.82, 2.24) is 0 Å². The van der Waals surface area contributed by atoms with E-state index < -0.39 is 0 Å². The molecule has 0 fully saturated rings. The minimum Gasteiger partial charge on any atom is -0.271 e. The lowest BCUT2D eigenvalue weighted by Crippen LogP contribution is -2.01. The average Bonchev–Trinajstić information content (AvgIpc) is 2.30. The third-order valence-electron chi connectivity index (χ3n) is 2.09. The number of para-hydroxylation sites is 1. The van der Waals surface area contributed by atoms with Gasteiger partial charge in [-0.1, -0.05) is 30.3 Å². The molecular formula is C13H12FNO. The number of nitrogens with one attached hydrogen (secondary N) is 1. The Morgan fingerprint density at radius 1 is 1.00 bits per heavy atom. The molecule has 0 amide bonds. The van der Waals surface area contributed by atoms with Crippen LogP contribution in [0.3, 0.4) is 0 Å². The second-order valence-corrected chi connectivity index (χ2v) is 3.39. The Morgan fingerprint density at radius 2 is 1.81 bits per heavy atom. The van der Waals surface area contributed by atoms with Crippen LogP contribution in [0.15, 0.2) is 54.6 Å². The highest BCUT2D eigenvalue weighted by Gasteiger charge is 1.95. The van der Waals surface area contributed by atoms with Gasteiger partial charge in [-0.15, -0.1) is 0 Å². The van der Waals surface area contributed by atoms with Crippen LogP contribution in [-0.2, 0) is 11.4 Å². The zero-order chi connectivity index (χ0) is 11.2. The molecule has 1 N–H and O–H groups in total. The van der Waals surface area contributed by atoms with Crippen molar-refractivity contribution in [3.05, 3.63) is 66.0 Å². The zero-order valence-corrected chi connectivity index (χ0v) is 8.69. The van der Waals surface area contributed by atoms with Crippen LogP contribution in [0, 0.1) is 5.82 Å². The molecular weight excluding hydrogens is 205 g/mol. The van der Waals surface area contributed by atoms with Crippen molar-refractivity contribution in [3.8, 4) is 0 Å². The van der Waals surface area contributed by atoms with Gasteiger partial charge in [0.1, 0.15) is 5.82 Å². The molecule has 2 rings (SSSR count).